The lowest BCUT2D eigenvalue weighted by molar-refractivity contribution is -0.217. The molecule has 1 N–H and O–H groups in total. The molecule has 3 rings (SSSR count). The zero-order chi connectivity index (χ0) is 19.9. The molecule has 0 fully saturated rings. The summed E-state index contributed by atoms with van der Waals surface area (Å²) in [7, 11) is 0. The van der Waals surface area contributed by atoms with Crippen molar-refractivity contribution in [1.82, 2.24) is 0 Å². The fourth-order valence-corrected chi connectivity index (χ4v) is 3.66. The second-order valence-electron chi connectivity index (χ2n) is 5.80. The molecule has 0 amide bonds. The maximum absolute atomic E-state index is 13.2. The molecule has 0 aliphatic carbocycles. The lowest BCUT2D eigenvalue weighted by atomic mass is 9.90. The number of alkyl halides is 3. The van der Waals surface area contributed by atoms with Gasteiger partial charge < -0.3 is 14.6 Å². The van der Waals surface area contributed by atoms with Gasteiger partial charge in [-0.2, -0.15) is 13.2 Å². The number of aliphatic carboxylic acids is 1. The number of hydrogen-bond acceptors (Lipinski definition) is 3. The minimum absolute atomic E-state index is 0.0631. The Bertz CT molecular complexity index is 904. The quantitative estimate of drug-likeness (QED) is 0.569. The first-order valence-corrected chi connectivity index (χ1v) is 9.02. The fraction of sp³-hybridized carbons (Fsp3) is 0.235. The van der Waals surface area contributed by atoms with Crippen molar-refractivity contribution in [3.8, 4) is 17.2 Å². The Balaban J connectivity index is 1.97. The van der Waals surface area contributed by atoms with E-state index in [2.05, 4.69) is 15.9 Å². The van der Waals surface area contributed by atoms with E-state index < -0.39 is 24.2 Å². The maximum Gasteiger partial charge on any atom is 0.426 e. The van der Waals surface area contributed by atoms with Gasteiger partial charge in [0.2, 0.25) is 6.10 Å². The van der Waals surface area contributed by atoms with Crippen molar-refractivity contribution in [1.29, 1.82) is 0 Å². The van der Waals surface area contributed by atoms with Crippen LogP contribution >= 0.6 is 39.1 Å². The third-order valence-electron chi connectivity index (χ3n) is 3.93. The van der Waals surface area contributed by atoms with Crippen molar-refractivity contribution in [2.45, 2.75) is 18.7 Å². The molecule has 0 spiro atoms. The number of ether oxygens (including phenoxy) is 2. The molecule has 10 heteroatoms. The van der Waals surface area contributed by atoms with E-state index in [-0.39, 0.29) is 28.5 Å². The van der Waals surface area contributed by atoms with E-state index >= 15 is 0 Å². The Morgan fingerprint density at radius 2 is 1.93 bits per heavy atom. The molecule has 0 radical (unpaired) electrons. The van der Waals surface area contributed by atoms with Crippen molar-refractivity contribution < 1.29 is 32.5 Å². The summed E-state index contributed by atoms with van der Waals surface area (Å²) in [6.07, 6.45) is -7.65. The molecule has 2 aromatic rings. The third-order valence-corrected chi connectivity index (χ3v) is 5.08. The number of benzene rings is 2. The minimum atomic E-state index is -4.83. The second kappa shape index (κ2) is 7.41. The van der Waals surface area contributed by atoms with E-state index in [1.54, 1.807) is 18.2 Å². The SMILES string of the molecule is O=C(O)C1Cc2cc(Cl)c(Oc3ccc(Cl)cc3Br)cc2OC1C(F)(F)F. The molecule has 2 atom stereocenters. The normalized spacial score (nSPS) is 19.2. The van der Waals surface area contributed by atoms with E-state index in [0.29, 0.717) is 15.2 Å². The summed E-state index contributed by atoms with van der Waals surface area (Å²) in [5.74, 6) is -3.07. The number of carboxylic acids is 1. The van der Waals surface area contributed by atoms with Crippen LogP contribution in [0.4, 0.5) is 13.2 Å². The first kappa shape index (κ1) is 20.1. The molecular weight excluding hydrogens is 476 g/mol. The number of carbonyl (C=O) groups is 1. The van der Waals surface area contributed by atoms with Gasteiger partial charge in [-0.15, -0.1) is 0 Å². The highest BCUT2D eigenvalue weighted by Gasteiger charge is 2.52. The average Bonchev–Trinajstić information content (AvgIpc) is 2.55. The summed E-state index contributed by atoms with van der Waals surface area (Å²) in [4.78, 5) is 11.2. The van der Waals surface area contributed by atoms with Crippen molar-refractivity contribution >= 4 is 45.1 Å². The smallest absolute Gasteiger partial charge is 0.426 e. The monoisotopic (exact) mass is 484 g/mol. The summed E-state index contributed by atoms with van der Waals surface area (Å²) < 4.78 is 50.7. The Morgan fingerprint density at radius 1 is 1.22 bits per heavy atom. The molecule has 144 valence electrons. The molecule has 27 heavy (non-hydrogen) atoms. The van der Waals surface area contributed by atoms with Crippen molar-refractivity contribution in [2.24, 2.45) is 5.92 Å². The Morgan fingerprint density at radius 3 is 2.52 bits per heavy atom. The molecule has 4 nitrogen and oxygen atoms in total. The zero-order valence-electron chi connectivity index (χ0n) is 13.2. The van der Waals surface area contributed by atoms with Gasteiger partial charge in [-0.05, 0) is 52.2 Å². The van der Waals surface area contributed by atoms with Gasteiger partial charge in [0.25, 0.3) is 0 Å². The molecule has 0 aromatic heterocycles. The van der Waals surface area contributed by atoms with Gasteiger partial charge >= 0.3 is 12.1 Å². The average molecular weight is 486 g/mol. The number of fused-ring (bicyclic) bond motifs is 1. The van der Waals surface area contributed by atoms with Gasteiger partial charge in [-0.3, -0.25) is 4.79 Å². The first-order chi connectivity index (χ1) is 12.6. The van der Waals surface area contributed by atoms with Crippen LogP contribution in [0.25, 0.3) is 0 Å². The molecule has 1 aliphatic heterocycles. The standard InChI is InChI=1S/C17H10BrCl2F3O4/c18-10-5-8(19)1-2-12(10)26-14-6-13-7(4-11(14)20)3-9(16(24)25)15(27-13)17(21,22)23/h1-2,4-6,9,15H,3H2,(H,24,25). The topological polar surface area (TPSA) is 55.8 Å². The third kappa shape index (κ3) is 4.28. The number of rotatable bonds is 3. The van der Waals surface area contributed by atoms with E-state index in [4.69, 9.17) is 37.8 Å². The van der Waals surface area contributed by atoms with Gasteiger partial charge in [0, 0.05) is 11.1 Å². The van der Waals surface area contributed by atoms with Crippen LogP contribution in [-0.2, 0) is 11.2 Å². The van der Waals surface area contributed by atoms with Crippen LogP contribution in [0, 0.1) is 5.92 Å². The van der Waals surface area contributed by atoms with E-state index in [9.17, 15) is 18.0 Å². The van der Waals surface area contributed by atoms with Crippen LogP contribution in [-0.4, -0.2) is 23.4 Å². The van der Waals surface area contributed by atoms with Crippen LogP contribution in [0.5, 0.6) is 17.2 Å². The lowest BCUT2D eigenvalue weighted by Gasteiger charge is -2.32. The van der Waals surface area contributed by atoms with Gasteiger partial charge in [0.05, 0.1) is 9.50 Å². The highest BCUT2D eigenvalue weighted by Crippen LogP contribution is 2.44. The Kier molecular flexibility index (Phi) is 5.52. The number of carboxylic acid groups (broad SMARTS) is 1. The zero-order valence-corrected chi connectivity index (χ0v) is 16.3. The summed E-state index contributed by atoms with van der Waals surface area (Å²) in [6.45, 7) is 0. The highest BCUT2D eigenvalue weighted by atomic mass is 79.9. The molecule has 1 aliphatic rings. The van der Waals surface area contributed by atoms with Crippen LogP contribution in [0.1, 0.15) is 5.56 Å². The minimum Gasteiger partial charge on any atom is -0.481 e. The predicted molar refractivity (Wildman–Crippen MR) is 96.0 cm³/mol. The fourth-order valence-electron chi connectivity index (χ4n) is 2.67. The van der Waals surface area contributed by atoms with Crippen LogP contribution in [0.15, 0.2) is 34.8 Å². The van der Waals surface area contributed by atoms with Gasteiger partial charge in [0.15, 0.2) is 0 Å². The summed E-state index contributed by atoms with van der Waals surface area (Å²) in [6, 6.07) is 7.27. The van der Waals surface area contributed by atoms with Crippen LogP contribution < -0.4 is 9.47 Å². The number of hydrogen-bond donors (Lipinski definition) is 1. The van der Waals surface area contributed by atoms with E-state index in [1.807, 2.05) is 0 Å². The largest absolute Gasteiger partial charge is 0.481 e. The number of halogens is 6. The molecule has 1 heterocycles. The van der Waals surface area contributed by atoms with Crippen molar-refractivity contribution in [2.75, 3.05) is 0 Å². The van der Waals surface area contributed by atoms with Crippen LogP contribution in [0.2, 0.25) is 10.0 Å². The van der Waals surface area contributed by atoms with Crippen molar-refractivity contribution in [3.05, 3.63) is 50.4 Å². The first-order valence-electron chi connectivity index (χ1n) is 7.47. The van der Waals surface area contributed by atoms with Gasteiger partial charge in [0.1, 0.15) is 23.2 Å². The summed E-state index contributed by atoms with van der Waals surface area (Å²) in [5.41, 5.74) is 0.260. The molecule has 0 saturated carbocycles. The van der Waals surface area contributed by atoms with Gasteiger partial charge in [-0.25, -0.2) is 0 Å². The summed E-state index contributed by atoms with van der Waals surface area (Å²) in [5, 5.41) is 9.68. The highest BCUT2D eigenvalue weighted by molar-refractivity contribution is 9.10. The van der Waals surface area contributed by atoms with Crippen LogP contribution in [0.3, 0.4) is 0 Å². The molecule has 0 bridgehead atoms. The maximum atomic E-state index is 13.2. The molecule has 0 saturated heterocycles. The predicted octanol–water partition coefficient (Wildman–Crippen LogP) is 6.11. The van der Waals surface area contributed by atoms with E-state index in [1.165, 1.54) is 12.1 Å². The second-order valence-corrected chi connectivity index (χ2v) is 7.49. The van der Waals surface area contributed by atoms with Gasteiger partial charge in [-0.1, -0.05) is 23.2 Å². The Hall–Kier alpha value is -1.64. The van der Waals surface area contributed by atoms with Crippen molar-refractivity contribution in [3.63, 3.8) is 0 Å². The molecule has 2 unspecified atom stereocenters. The molecular formula is C17H10BrCl2F3O4. The lowest BCUT2D eigenvalue weighted by Crippen LogP contribution is -2.47. The molecule has 2 aromatic carbocycles. The van der Waals surface area contributed by atoms with E-state index in [0.717, 1.165) is 0 Å². The summed E-state index contributed by atoms with van der Waals surface area (Å²) >= 11 is 15.3. The Labute approximate surface area is 169 Å².